The number of benzene rings is 2. The number of thioether (sulfide) groups is 1. The summed E-state index contributed by atoms with van der Waals surface area (Å²) in [7, 11) is 0. The van der Waals surface area contributed by atoms with Gasteiger partial charge in [-0.05, 0) is 69.7 Å². The Morgan fingerprint density at radius 3 is 2.56 bits per heavy atom. The van der Waals surface area contributed by atoms with Crippen molar-refractivity contribution < 1.29 is 9.53 Å². The lowest BCUT2D eigenvalue weighted by molar-refractivity contribution is -0.123. The minimum atomic E-state index is -0.0585. The van der Waals surface area contributed by atoms with Gasteiger partial charge in [-0.25, -0.2) is 4.68 Å². The van der Waals surface area contributed by atoms with Crippen molar-refractivity contribution in [3.63, 3.8) is 0 Å². The molecular weight excluding hydrogens is 438 g/mol. The first-order valence-corrected chi connectivity index (χ1v) is 11.8. The highest BCUT2D eigenvalue weighted by Crippen LogP contribution is 2.36. The number of hydrogen-bond donors (Lipinski definition) is 0. The maximum absolute atomic E-state index is 13.0. The average Bonchev–Trinajstić information content (AvgIpc) is 3.30. The molecule has 0 atom stereocenters. The van der Waals surface area contributed by atoms with Crippen LogP contribution in [-0.2, 0) is 4.79 Å². The van der Waals surface area contributed by atoms with Gasteiger partial charge in [-0.3, -0.25) is 9.69 Å². The third-order valence-corrected chi connectivity index (χ3v) is 6.48. The van der Waals surface area contributed by atoms with Gasteiger partial charge in [0.05, 0.1) is 17.2 Å². The van der Waals surface area contributed by atoms with Crippen LogP contribution in [0.2, 0.25) is 0 Å². The largest absolute Gasteiger partial charge is 0.494 e. The van der Waals surface area contributed by atoms with Gasteiger partial charge in [-0.1, -0.05) is 42.2 Å². The number of aryl methyl sites for hydroxylation is 1. The molecule has 1 amide bonds. The molecule has 0 bridgehead atoms. The van der Waals surface area contributed by atoms with Crippen molar-refractivity contribution in [1.82, 2.24) is 14.7 Å². The van der Waals surface area contributed by atoms with Crippen LogP contribution in [0.25, 0.3) is 23.0 Å². The van der Waals surface area contributed by atoms with Gasteiger partial charge >= 0.3 is 0 Å². The number of hydrogen-bond acceptors (Lipinski definition) is 5. The van der Waals surface area contributed by atoms with Crippen LogP contribution in [0.3, 0.4) is 0 Å². The van der Waals surface area contributed by atoms with Crippen LogP contribution in [0.15, 0.2) is 59.6 Å². The quantitative estimate of drug-likeness (QED) is 0.339. The second-order valence-corrected chi connectivity index (χ2v) is 9.44. The first kappa shape index (κ1) is 22.3. The van der Waals surface area contributed by atoms with Gasteiger partial charge < -0.3 is 4.74 Å². The number of ether oxygens (including phenoxy) is 1. The molecule has 7 heteroatoms. The highest BCUT2D eigenvalue weighted by molar-refractivity contribution is 8.26. The zero-order chi connectivity index (χ0) is 22.8. The molecule has 5 nitrogen and oxygen atoms in total. The van der Waals surface area contributed by atoms with Gasteiger partial charge in [-0.2, -0.15) is 5.10 Å². The highest BCUT2D eigenvalue weighted by Gasteiger charge is 2.34. The number of rotatable bonds is 6. The summed E-state index contributed by atoms with van der Waals surface area (Å²) in [5, 5.41) is 4.89. The number of carbonyl (C=O) groups excluding carboxylic acids is 1. The van der Waals surface area contributed by atoms with Gasteiger partial charge in [0.2, 0.25) is 0 Å². The zero-order valence-corrected chi connectivity index (χ0v) is 20.2. The fraction of sp³-hybridized carbons (Fsp3) is 0.240. The maximum atomic E-state index is 13.0. The Labute approximate surface area is 198 Å². The second kappa shape index (κ2) is 9.30. The van der Waals surface area contributed by atoms with E-state index < -0.39 is 0 Å². The molecule has 2 heterocycles. The smallest absolute Gasteiger partial charge is 0.266 e. The maximum Gasteiger partial charge on any atom is 0.266 e. The number of para-hydroxylation sites is 1. The second-order valence-electron chi connectivity index (χ2n) is 7.77. The molecule has 4 rings (SSSR count). The van der Waals surface area contributed by atoms with E-state index in [0.29, 0.717) is 15.8 Å². The minimum absolute atomic E-state index is 0.0215. The van der Waals surface area contributed by atoms with Crippen LogP contribution in [0, 0.1) is 6.92 Å². The number of carbonyl (C=O) groups is 1. The Bertz CT molecular complexity index is 1200. The Morgan fingerprint density at radius 1 is 1.19 bits per heavy atom. The van der Waals surface area contributed by atoms with Crippen molar-refractivity contribution >= 4 is 40.3 Å². The first-order valence-electron chi connectivity index (χ1n) is 10.5. The highest BCUT2D eigenvalue weighted by atomic mass is 32.2. The van der Waals surface area contributed by atoms with Gasteiger partial charge in [0.25, 0.3) is 5.91 Å². The van der Waals surface area contributed by atoms with Crippen LogP contribution < -0.4 is 4.74 Å². The van der Waals surface area contributed by atoms with Crippen LogP contribution in [0.4, 0.5) is 0 Å². The van der Waals surface area contributed by atoms with Crippen molar-refractivity contribution in [1.29, 1.82) is 0 Å². The van der Waals surface area contributed by atoms with Crippen LogP contribution in [0.1, 0.15) is 31.9 Å². The fourth-order valence-corrected chi connectivity index (χ4v) is 5.15. The van der Waals surface area contributed by atoms with Crippen LogP contribution in [-0.4, -0.2) is 37.6 Å². The third kappa shape index (κ3) is 4.36. The summed E-state index contributed by atoms with van der Waals surface area (Å²) in [4.78, 5) is 15.2. The van der Waals surface area contributed by atoms with Gasteiger partial charge in [-0.15, -0.1) is 0 Å². The van der Waals surface area contributed by atoms with Gasteiger partial charge in [0, 0.05) is 23.4 Å². The SMILES string of the molecule is CCOc1ccc(-c2nn(-c3ccccc3)cc2C=C2SC(=S)N(C(C)C)C2=O)c(C)c1. The van der Waals surface area contributed by atoms with E-state index in [1.54, 1.807) is 4.90 Å². The molecule has 1 saturated heterocycles. The summed E-state index contributed by atoms with van der Waals surface area (Å²) >= 11 is 6.79. The Kier molecular flexibility index (Phi) is 6.48. The molecule has 0 spiro atoms. The van der Waals surface area contributed by atoms with Crippen LogP contribution >= 0.6 is 24.0 Å². The predicted octanol–water partition coefficient (Wildman–Crippen LogP) is 5.86. The van der Waals surface area contributed by atoms with E-state index in [9.17, 15) is 4.79 Å². The Balaban J connectivity index is 1.83. The number of thiocarbonyl (C=S) groups is 1. The first-order chi connectivity index (χ1) is 15.4. The van der Waals surface area contributed by atoms with E-state index in [2.05, 4.69) is 0 Å². The molecule has 0 N–H and O–H groups in total. The summed E-state index contributed by atoms with van der Waals surface area (Å²) in [6.45, 7) is 8.56. The number of amides is 1. The number of nitrogens with zero attached hydrogens (tertiary/aromatic N) is 3. The van der Waals surface area contributed by atoms with E-state index in [4.69, 9.17) is 22.1 Å². The molecule has 1 fully saturated rings. The van der Waals surface area contributed by atoms with E-state index in [1.807, 2.05) is 93.2 Å². The summed E-state index contributed by atoms with van der Waals surface area (Å²) in [6.07, 6.45) is 3.86. The lowest BCUT2D eigenvalue weighted by Gasteiger charge is -2.18. The topological polar surface area (TPSA) is 47.4 Å². The normalized spacial score (nSPS) is 15.3. The summed E-state index contributed by atoms with van der Waals surface area (Å²) < 4.78 is 8.08. The van der Waals surface area contributed by atoms with Crippen LogP contribution in [0.5, 0.6) is 5.75 Å². The third-order valence-electron chi connectivity index (χ3n) is 5.15. The van der Waals surface area contributed by atoms with E-state index >= 15 is 0 Å². The van der Waals surface area contributed by atoms with Gasteiger partial charge in [0.1, 0.15) is 15.8 Å². The lowest BCUT2D eigenvalue weighted by atomic mass is 10.0. The summed E-state index contributed by atoms with van der Waals surface area (Å²) in [5.74, 6) is 0.771. The van der Waals surface area contributed by atoms with Crippen molar-refractivity contribution in [2.24, 2.45) is 0 Å². The molecule has 1 aliphatic rings. The van der Waals surface area contributed by atoms with E-state index in [1.165, 1.54) is 11.8 Å². The molecule has 3 aromatic rings. The summed E-state index contributed by atoms with van der Waals surface area (Å²) in [6, 6.07) is 16.0. The molecule has 32 heavy (non-hydrogen) atoms. The fourth-order valence-electron chi connectivity index (χ4n) is 3.64. The zero-order valence-electron chi connectivity index (χ0n) is 18.5. The molecule has 1 aromatic heterocycles. The molecule has 164 valence electrons. The molecule has 0 unspecified atom stereocenters. The molecule has 2 aromatic carbocycles. The minimum Gasteiger partial charge on any atom is -0.494 e. The van der Waals surface area contributed by atoms with Crippen molar-refractivity contribution in [3.05, 3.63) is 70.8 Å². The van der Waals surface area contributed by atoms with E-state index in [-0.39, 0.29) is 11.9 Å². The van der Waals surface area contributed by atoms with Crippen molar-refractivity contribution in [2.75, 3.05) is 6.61 Å². The Hall–Kier alpha value is -2.90. The molecular formula is C25H25N3O2S2. The van der Waals surface area contributed by atoms with Gasteiger partial charge in [0.15, 0.2) is 0 Å². The van der Waals surface area contributed by atoms with Crippen molar-refractivity contribution in [3.8, 4) is 22.7 Å². The summed E-state index contributed by atoms with van der Waals surface area (Å²) in [5.41, 5.74) is 4.67. The standard InChI is InChI=1S/C25H25N3O2S2/c1-5-30-20-11-12-21(17(4)13-20)23-18(15-27(26-23)19-9-7-6-8-10-19)14-22-24(29)28(16(2)3)25(31)32-22/h6-16H,5H2,1-4H3. The molecule has 0 aliphatic carbocycles. The molecule has 1 aliphatic heterocycles. The molecule has 0 saturated carbocycles. The van der Waals surface area contributed by atoms with E-state index in [0.717, 1.165) is 33.8 Å². The average molecular weight is 464 g/mol. The molecule has 0 radical (unpaired) electrons. The monoisotopic (exact) mass is 463 g/mol. The Morgan fingerprint density at radius 2 is 1.94 bits per heavy atom. The lowest BCUT2D eigenvalue weighted by Crippen LogP contribution is -2.34. The van der Waals surface area contributed by atoms with Crippen molar-refractivity contribution in [2.45, 2.75) is 33.7 Å². The number of aromatic nitrogens is 2. The predicted molar refractivity (Wildman–Crippen MR) is 135 cm³/mol.